The third-order valence-electron chi connectivity index (χ3n) is 4.16. The van der Waals surface area contributed by atoms with Crippen LogP contribution in [0.1, 0.15) is 35.8 Å². The van der Waals surface area contributed by atoms with Crippen LogP contribution in [0.4, 0.5) is 24.8 Å². The fourth-order valence-electron chi connectivity index (χ4n) is 2.84. The van der Waals surface area contributed by atoms with Gasteiger partial charge in [-0.25, -0.2) is 15.0 Å². The first-order chi connectivity index (χ1) is 11.8. The number of fused-ring (bicyclic) bond motifs is 1. The molecule has 0 radical (unpaired) electrons. The van der Waals surface area contributed by atoms with E-state index in [4.69, 9.17) is 11.5 Å². The molecule has 0 atom stereocenters. The first kappa shape index (κ1) is 15.7. The molecule has 130 valence electrons. The highest BCUT2D eigenvalue weighted by atomic mass is 19.4. The molecule has 4 rings (SSSR count). The minimum absolute atomic E-state index is 0.0123. The van der Waals surface area contributed by atoms with E-state index >= 15 is 0 Å². The number of halogens is 3. The minimum Gasteiger partial charge on any atom is -0.399 e. The lowest BCUT2D eigenvalue weighted by atomic mass is 10.2. The predicted octanol–water partition coefficient (Wildman–Crippen LogP) is 2.94. The van der Waals surface area contributed by atoms with E-state index < -0.39 is 12.0 Å². The van der Waals surface area contributed by atoms with Crippen LogP contribution >= 0.6 is 0 Å². The molecule has 1 aliphatic rings. The molecule has 0 bridgehead atoms. The Labute approximate surface area is 140 Å². The van der Waals surface area contributed by atoms with Crippen molar-refractivity contribution in [3.8, 4) is 0 Å². The van der Waals surface area contributed by atoms with Crippen molar-refractivity contribution >= 4 is 22.8 Å². The lowest BCUT2D eigenvalue weighted by molar-refractivity contribution is -0.144. The maximum atomic E-state index is 13.2. The number of benzene rings is 1. The Hall–Kier alpha value is -2.84. The fourth-order valence-corrected chi connectivity index (χ4v) is 2.84. The Morgan fingerprint density at radius 1 is 1.12 bits per heavy atom. The SMILES string of the molecule is Nc1cccc(Cn2c(N)nc3c(C4CC4)nc(C(F)(F)F)nc32)c1. The number of alkyl halides is 3. The van der Waals surface area contributed by atoms with Gasteiger partial charge in [0.1, 0.15) is 5.52 Å². The first-order valence-corrected chi connectivity index (χ1v) is 7.78. The van der Waals surface area contributed by atoms with E-state index in [0.717, 1.165) is 18.4 Å². The van der Waals surface area contributed by atoms with Crippen LogP contribution in [0.15, 0.2) is 24.3 Å². The van der Waals surface area contributed by atoms with Crippen molar-refractivity contribution in [3.05, 3.63) is 41.3 Å². The number of aromatic nitrogens is 4. The summed E-state index contributed by atoms with van der Waals surface area (Å²) in [7, 11) is 0. The van der Waals surface area contributed by atoms with Crippen molar-refractivity contribution in [3.63, 3.8) is 0 Å². The molecule has 0 unspecified atom stereocenters. The molecule has 1 saturated carbocycles. The second-order valence-electron chi connectivity index (χ2n) is 6.18. The van der Waals surface area contributed by atoms with E-state index in [2.05, 4.69) is 15.0 Å². The van der Waals surface area contributed by atoms with Crippen molar-refractivity contribution < 1.29 is 13.2 Å². The van der Waals surface area contributed by atoms with Crippen LogP contribution < -0.4 is 11.5 Å². The Balaban J connectivity index is 1.89. The average molecular weight is 348 g/mol. The van der Waals surface area contributed by atoms with Crippen LogP contribution in [0.2, 0.25) is 0 Å². The molecular weight excluding hydrogens is 333 g/mol. The van der Waals surface area contributed by atoms with Gasteiger partial charge in [-0.15, -0.1) is 0 Å². The lowest BCUT2D eigenvalue weighted by Crippen LogP contribution is -2.14. The summed E-state index contributed by atoms with van der Waals surface area (Å²) in [5.41, 5.74) is 13.9. The maximum absolute atomic E-state index is 13.2. The zero-order valence-electron chi connectivity index (χ0n) is 13.1. The number of hydrogen-bond donors (Lipinski definition) is 2. The number of nitrogens with two attached hydrogens (primary N) is 2. The van der Waals surface area contributed by atoms with Crippen molar-refractivity contribution in [1.29, 1.82) is 0 Å². The molecule has 2 heterocycles. The molecule has 0 spiro atoms. The first-order valence-electron chi connectivity index (χ1n) is 7.78. The molecule has 3 aromatic rings. The summed E-state index contributed by atoms with van der Waals surface area (Å²) >= 11 is 0. The molecule has 6 nitrogen and oxygen atoms in total. The number of nitrogen functional groups attached to an aromatic ring is 2. The molecule has 9 heteroatoms. The molecular formula is C16H15F3N6. The quantitative estimate of drug-likeness (QED) is 0.710. The van der Waals surface area contributed by atoms with Crippen LogP contribution in [0.25, 0.3) is 11.2 Å². The van der Waals surface area contributed by atoms with E-state index in [-0.39, 0.29) is 24.1 Å². The highest BCUT2D eigenvalue weighted by molar-refractivity contribution is 5.78. The molecule has 0 saturated heterocycles. The fraction of sp³-hybridized carbons (Fsp3) is 0.312. The second-order valence-corrected chi connectivity index (χ2v) is 6.18. The Morgan fingerprint density at radius 3 is 2.52 bits per heavy atom. The molecule has 1 aromatic carbocycles. The molecule has 2 aromatic heterocycles. The molecule has 25 heavy (non-hydrogen) atoms. The number of nitrogens with zero attached hydrogens (tertiary/aromatic N) is 4. The largest absolute Gasteiger partial charge is 0.451 e. The summed E-state index contributed by atoms with van der Waals surface area (Å²) < 4.78 is 41.1. The molecule has 4 N–H and O–H groups in total. The smallest absolute Gasteiger partial charge is 0.399 e. The van der Waals surface area contributed by atoms with Gasteiger partial charge in [0, 0.05) is 11.6 Å². The van der Waals surface area contributed by atoms with Gasteiger partial charge in [0.2, 0.25) is 11.8 Å². The van der Waals surface area contributed by atoms with Crippen LogP contribution in [0, 0.1) is 0 Å². The van der Waals surface area contributed by atoms with Gasteiger partial charge in [-0.3, -0.25) is 4.57 Å². The van der Waals surface area contributed by atoms with Gasteiger partial charge >= 0.3 is 6.18 Å². The van der Waals surface area contributed by atoms with Crippen molar-refractivity contribution in [2.24, 2.45) is 0 Å². The summed E-state index contributed by atoms with van der Waals surface area (Å²) in [6.45, 7) is 0.228. The van der Waals surface area contributed by atoms with Gasteiger partial charge in [0.15, 0.2) is 5.65 Å². The van der Waals surface area contributed by atoms with E-state index in [1.54, 1.807) is 18.2 Å². The molecule has 0 aliphatic heterocycles. The maximum Gasteiger partial charge on any atom is 0.451 e. The van der Waals surface area contributed by atoms with Gasteiger partial charge in [0.25, 0.3) is 0 Å². The Kier molecular flexibility index (Phi) is 3.34. The normalized spacial score (nSPS) is 15.0. The Bertz CT molecular complexity index is 958. The molecule has 1 fully saturated rings. The van der Waals surface area contributed by atoms with E-state index in [1.165, 1.54) is 4.57 Å². The monoisotopic (exact) mass is 348 g/mol. The lowest BCUT2D eigenvalue weighted by Gasteiger charge is -2.10. The van der Waals surface area contributed by atoms with Crippen molar-refractivity contribution in [2.75, 3.05) is 11.5 Å². The van der Waals surface area contributed by atoms with Crippen LogP contribution in [0.5, 0.6) is 0 Å². The number of rotatable bonds is 3. The summed E-state index contributed by atoms with van der Waals surface area (Å²) in [4.78, 5) is 11.7. The Morgan fingerprint density at radius 2 is 1.88 bits per heavy atom. The van der Waals surface area contributed by atoms with Gasteiger partial charge in [-0.05, 0) is 30.5 Å². The standard InChI is InChI=1S/C16H15F3N6/c17-16(18,19)14-22-11(9-4-5-9)12-13(24-14)25(15(21)23-12)7-8-2-1-3-10(20)6-8/h1-3,6,9H,4-5,7,20H2,(H2,21,23). The number of imidazole rings is 1. The topological polar surface area (TPSA) is 95.6 Å². The summed E-state index contributed by atoms with van der Waals surface area (Å²) in [5, 5.41) is 0. The minimum atomic E-state index is -4.63. The van der Waals surface area contributed by atoms with E-state index in [1.807, 2.05) is 6.07 Å². The van der Waals surface area contributed by atoms with E-state index in [0.29, 0.717) is 16.9 Å². The van der Waals surface area contributed by atoms with Crippen molar-refractivity contribution in [2.45, 2.75) is 31.5 Å². The van der Waals surface area contributed by atoms with Gasteiger partial charge in [-0.2, -0.15) is 13.2 Å². The van der Waals surface area contributed by atoms with Crippen LogP contribution in [0.3, 0.4) is 0 Å². The van der Waals surface area contributed by atoms with Crippen molar-refractivity contribution in [1.82, 2.24) is 19.5 Å². The number of hydrogen-bond acceptors (Lipinski definition) is 5. The number of anilines is 2. The van der Waals surface area contributed by atoms with Crippen LogP contribution in [-0.2, 0) is 12.7 Å². The van der Waals surface area contributed by atoms with Gasteiger partial charge in [0.05, 0.1) is 12.2 Å². The zero-order chi connectivity index (χ0) is 17.8. The molecule has 1 aliphatic carbocycles. The second kappa shape index (κ2) is 5.33. The molecule has 0 amide bonds. The summed E-state index contributed by atoms with van der Waals surface area (Å²) in [6, 6.07) is 7.05. The highest BCUT2D eigenvalue weighted by Gasteiger charge is 2.39. The third-order valence-corrected chi connectivity index (χ3v) is 4.16. The third kappa shape index (κ3) is 2.86. The van der Waals surface area contributed by atoms with Gasteiger partial charge in [-0.1, -0.05) is 12.1 Å². The van der Waals surface area contributed by atoms with Crippen LogP contribution in [-0.4, -0.2) is 19.5 Å². The van der Waals surface area contributed by atoms with E-state index in [9.17, 15) is 13.2 Å². The zero-order valence-corrected chi connectivity index (χ0v) is 13.1. The average Bonchev–Trinajstić information content (AvgIpc) is 3.32. The summed E-state index contributed by atoms with van der Waals surface area (Å²) in [5.74, 6) is -1.06. The summed E-state index contributed by atoms with van der Waals surface area (Å²) in [6.07, 6.45) is -3.03. The highest BCUT2D eigenvalue weighted by Crippen LogP contribution is 2.43. The predicted molar refractivity (Wildman–Crippen MR) is 86.7 cm³/mol. The van der Waals surface area contributed by atoms with Gasteiger partial charge < -0.3 is 11.5 Å².